The maximum atomic E-state index is 12.7. The molecule has 0 N–H and O–H groups in total. The molecule has 2 heterocycles. The monoisotopic (exact) mass is 320 g/mol. The molecule has 0 aliphatic carbocycles. The van der Waals surface area contributed by atoms with Crippen LogP contribution in [0.2, 0.25) is 5.02 Å². The first-order valence-electron chi connectivity index (χ1n) is 6.78. The van der Waals surface area contributed by atoms with E-state index in [0.717, 1.165) is 23.2 Å². The Balaban J connectivity index is 2.09. The summed E-state index contributed by atoms with van der Waals surface area (Å²) >= 11 is 11.9. The van der Waals surface area contributed by atoms with Crippen LogP contribution in [0.4, 0.5) is 5.69 Å². The molecule has 0 unspecified atom stereocenters. The predicted molar refractivity (Wildman–Crippen MR) is 85.1 cm³/mol. The van der Waals surface area contributed by atoms with E-state index in [-0.39, 0.29) is 11.9 Å². The van der Waals surface area contributed by atoms with E-state index in [0.29, 0.717) is 16.5 Å². The molecule has 1 aliphatic heterocycles. The molecular formula is C16H14Cl2N2O. The number of nitrogens with zero attached hydrogens (tertiary/aromatic N) is 2. The van der Waals surface area contributed by atoms with Crippen LogP contribution in [-0.4, -0.2) is 10.9 Å². The fourth-order valence-electron chi connectivity index (χ4n) is 2.79. The number of aromatic nitrogens is 1. The number of pyridine rings is 1. The summed E-state index contributed by atoms with van der Waals surface area (Å²) in [5.41, 5.74) is 3.36. The average Bonchev–Trinajstić information content (AvgIpc) is 2.79. The summed E-state index contributed by atoms with van der Waals surface area (Å²) in [7, 11) is 0. The van der Waals surface area contributed by atoms with E-state index in [1.54, 1.807) is 29.4 Å². The molecule has 5 heteroatoms. The van der Waals surface area contributed by atoms with Crippen molar-refractivity contribution < 1.29 is 4.79 Å². The van der Waals surface area contributed by atoms with E-state index >= 15 is 0 Å². The second-order valence-electron chi connectivity index (χ2n) is 5.02. The Bertz CT molecular complexity index is 702. The minimum Gasteiger partial charge on any atom is -0.299 e. The Morgan fingerprint density at radius 3 is 2.81 bits per heavy atom. The van der Waals surface area contributed by atoms with Crippen LogP contribution in [0.15, 0.2) is 36.7 Å². The topological polar surface area (TPSA) is 33.2 Å². The second-order valence-corrected chi connectivity index (χ2v) is 5.72. The number of amides is 1. The third-order valence-corrected chi connectivity index (χ3v) is 4.28. The first kappa shape index (κ1) is 14.4. The number of benzene rings is 1. The Hall–Kier alpha value is -1.58. The molecule has 3 rings (SSSR count). The van der Waals surface area contributed by atoms with Crippen molar-refractivity contribution in [3.8, 4) is 0 Å². The van der Waals surface area contributed by atoms with Gasteiger partial charge in [0.15, 0.2) is 0 Å². The van der Waals surface area contributed by atoms with Crippen LogP contribution in [0.5, 0.6) is 0 Å². The van der Waals surface area contributed by atoms with Crippen molar-refractivity contribution in [2.24, 2.45) is 0 Å². The van der Waals surface area contributed by atoms with Gasteiger partial charge in [-0.2, -0.15) is 0 Å². The molecule has 3 nitrogen and oxygen atoms in total. The molecule has 0 saturated carbocycles. The number of anilines is 1. The van der Waals surface area contributed by atoms with E-state index in [9.17, 15) is 4.79 Å². The molecule has 0 fully saturated rings. The number of halogens is 2. The van der Waals surface area contributed by atoms with Gasteiger partial charge in [-0.1, -0.05) is 18.5 Å². The first-order valence-corrected chi connectivity index (χ1v) is 7.69. The van der Waals surface area contributed by atoms with E-state index in [1.165, 1.54) is 0 Å². The van der Waals surface area contributed by atoms with Gasteiger partial charge < -0.3 is 0 Å². The van der Waals surface area contributed by atoms with E-state index in [2.05, 4.69) is 11.9 Å². The van der Waals surface area contributed by atoms with Crippen molar-refractivity contribution in [3.63, 3.8) is 0 Å². The number of carbonyl (C=O) groups excluding carboxylic acids is 1. The summed E-state index contributed by atoms with van der Waals surface area (Å²) in [4.78, 5) is 18.7. The number of hydrogen-bond donors (Lipinski definition) is 0. The average molecular weight is 321 g/mol. The summed E-state index contributed by atoms with van der Waals surface area (Å²) in [6.45, 7) is 2.06. The summed E-state index contributed by atoms with van der Waals surface area (Å²) < 4.78 is 0. The largest absolute Gasteiger partial charge is 0.299 e. The predicted octanol–water partition coefficient (Wildman–Crippen LogP) is 4.59. The summed E-state index contributed by atoms with van der Waals surface area (Å²) in [6, 6.07) is 7.32. The van der Waals surface area contributed by atoms with Gasteiger partial charge in [0.2, 0.25) is 0 Å². The lowest BCUT2D eigenvalue weighted by Gasteiger charge is -2.24. The smallest absolute Gasteiger partial charge is 0.259 e. The lowest BCUT2D eigenvalue weighted by Crippen LogP contribution is -2.27. The second kappa shape index (κ2) is 5.66. The van der Waals surface area contributed by atoms with E-state index in [4.69, 9.17) is 23.2 Å². The highest BCUT2D eigenvalue weighted by Crippen LogP contribution is 2.40. The molecule has 108 valence electrons. The summed E-state index contributed by atoms with van der Waals surface area (Å²) in [5, 5.41) is 0.648. The Kier molecular flexibility index (Phi) is 3.87. The van der Waals surface area contributed by atoms with Gasteiger partial charge in [0.05, 0.1) is 17.9 Å². The van der Waals surface area contributed by atoms with Crippen LogP contribution in [0, 0.1) is 0 Å². The zero-order valence-corrected chi connectivity index (χ0v) is 13.0. The Morgan fingerprint density at radius 1 is 1.29 bits per heavy atom. The van der Waals surface area contributed by atoms with Crippen LogP contribution in [0.1, 0.15) is 40.9 Å². The van der Waals surface area contributed by atoms with E-state index in [1.807, 2.05) is 12.1 Å². The van der Waals surface area contributed by atoms with Gasteiger partial charge in [-0.05, 0) is 41.8 Å². The van der Waals surface area contributed by atoms with Crippen molar-refractivity contribution in [1.82, 2.24) is 4.98 Å². The van der Waals surface area contributed by atoms with Gasteiger partial charge in [0.1, 0.15) is 0 Å². The minimum absolute atomic E-state index is 0.0120. The molecule has 0 saturated heterocycles. The number of carbonyl (C=O) groups is 1. The lowest BCUT2D eigenvalue weighted by molar-refractivity contribution is 0.0990. The highest BCUT2D eigenvalue weighted by atomic mass is 35.5. The molecule has 2 aromatic rings. The van der Waals surface area contributed by atoms with Crippen LogP contribution < -0.4 is 4.90 Å². The Morgan fingerprint density at radius 2 is 2.10 bits per heavy atom. The molecule has 0 radical (unpaired) electrons. The van der Waals surface area contributed by atoms with Crippen LogP contribution in [0.3, 0.4) is 0 Å². The number of fused-ring (bicyclic) bond motifs is 1. The number of rotatable bonds is 3. The number of hydrogen-bond acceptors (Lipinski definition) is 2. The van der Waals surface area contributed by atoms with E-state index < -0.39 is 0 Å². The van der Waals surface area contributed by atoms with Crippen molar-refractivity contribution in [2.45, 2.75) is 25.3 Å². The van der Waals surface area contributed by atoms with Crippen LogP contribution >= 0.6 is 23.2 Å². The molecule has 0 bridgehead atoms. The summed E-state index contributed by atoms with van der Waals surface area (Å²) in [5.74, 6) is 0.361. The van der Waals surface area contributed by atoms with Crippen molar-refractivity contribution in [1.29, 1.82) is 0 Å². The Labute approximate surface area is 133 Å². The highest BCUT2D eigenvalue weighted by Gasteiger charge is 2.36. The van der Waals surface area contributed by atoms with Gasteiger partial charge in [-0.15, -0.1) is 11.6 Å². The SMILES string of the molecule is CC[C@@H]1c2cc(Cl)ccc2C(=O)N1c1cncc(CCl)c1. The van der Waals surface area contributed by atoms with Crippen molar-refractivity contribution in [3.05, 3.63) is 58.4 Å². The maximum absolute atomic E-state index is 12.7. The molecule has 1 atom stereocenters. The highest BCUT2D eigenvalue weighted by molar-refractivity contribution is 6.31. The molecule has 1 aromatic carbocycles. The van der Waals surface area contributed by atoms with Crippen LogP contribution in [0.25, 0.3) is 0 Å². The standard InChI is InChI=1S/C16H14Cl2N2O/c1-2-15-14-6-11(18)3-4-13(14)16(21)20(15)12-5-10(7-17)8-19-9-12/h3-6,8-9,15H,2,7H2,1H3/t15-/m1/s1. The van der Waals surface area contributed by atoms with Gasteiger partial charge >= 0.3 is 0 Å². The molecule has 0 spiro atoms. The zero-order valence-electron chi connectivity index (χ0n) is 11.5. The first-order chi connectivity index (χ1) is 10.2. The zero-order chi connectivity index (χ0) is 15.0. The third-order valence-electron chi connectivity index (χ3n) is 3.73. The summed E-state index contributed by atoms with van der Waals surface area (Å²) in [6.07, 6.45) is 4.22. The maximum Gasteiger partial charge on any atom is 0.259 e. The minimum atomic E-state index is -0.0152. The molecule has 1 amide bonds. The lowest BCUT2D eigenvalue weighted by atomic mass is 10.0. The fraction of sp³-hybridized carbons (Fsp3) is 0.250. The van der Waals surface area contributed by atoms with Gasteiger partial charge in [-0.3, -0.25) is 14.7 Å². The van der Waals surface area contributed by atoms with Crippen molar-refractivity contribution >= 4 is 34.8 Å². The van der Waals surface area contributed by atoms with Crippen molar-refractivity contribution in [2.75, 3.05) is 4.90 Å². The van der Waals surface area contributed by atoms with Gasteiger partial charge in [-0.25, -0.2) is 0 Å². The third kappa shape index (κ3) is 2.41. The normalized spacial score (nSPS) is 17.2. The molecular weight excluding hydrogens is 307 g/mol. The number of alkyl halides is 1. The molecule has 1 aromatic heterocycles. The van der Waals surface area contributed by atoms with Gasteiger partial charge in [0.25, 0.3) is 5.91 Å². The molecule has 1 aliphatic rings. The molecule has 21 heavy (non-hydrogen) atoms. The fourth-order valence-corrected chi connectivity index (χ4v) is 3.12. The van der Waals surface area contributed by atoms with Crippen LogP contribution in [-0.2, 0) is 5.88 Å². The quantitative estimate of drug-likeness (QED) is 0.775. The van der Waals surface area contributed by atoms with Gasteiger partial charge in [0, 0.05) is 22.7 Å².